The lowest BCUT2D eigenvalue weighted by Gasteiger charge is -2.29. The number of benzene rings is 1. The molecule has 3 amide bonds. The average Bonchev–Trinajstić information content (AvgIpc) is 3.19. The third-order valence-electron chi connectivity index (χ3n) is 5.02. The maximum atomic E-state index is 12.5. The molecule has 136 valence electrons. The molecule has 8 heteroatoms. The van der Waals surface area contributed by atoms with E-state index in [2.05, 4.69) is 10.4 Å². The van der Waals surface area contributed by atoms with Crippen molar-refractivity contribution in [2.75, 3.05) is 6.54 Å². The first-order valence-corrected chi connectivity index (χ1v) is 8.97. The van der Waals surface area contributed by atoms with Gasteiger partial charge in [-0.15, -0.1) is 0 Å². The van der Waals surface area contributed by atoms with Crippen molar-refractivity contribution in [3.63, 3.8) is 0 Å². The van der Waals surface area contributed by atoms with Crippen molar-refractivity contribution in [3.8, 4) is 11.3 Å². The molecule has 1 aromatic carbocycles. The number of aromatic nitrogens is 2. The minimum absolute atomic E-state index is 0.0900. The van der Waals surface area contributed by atoms with E-state index in [9.17, 15) is 9.59 Å². The van der Waals surface area contributed by atoms with Gasteiger partial charge in [-0.2, -0.15) is 5.10 Å². The van der Waals surface area contributed by atoms with E-state index in [4.69, 9.17) is 17.3 Å². The minimum Gasteiger partial charge on any atom is -0.365 e. The van der Waals surface area contributed by atoms with Gasteiger partial charge in [-0.05, 0) is 31.9 Å². The van der Waals surface area contributed by atoms with Crippen LogP contribution < -0.4 is 11.1 Å². The summed E-state index contributed by atoms with van der Waals surface area (Å²) in [6.07, 6.45) is 1.99. The van der Waals surface area contributed by atoms with E-state index in [0.717, 1.165) is 18.4 Å². The molecule has 0 bridgehead atoms. The first kappa shape index (κ1) is 16.9. The number of nitrogens with two attached hydrogens (primary N) is 1. The standard InChI is InChI=1S/C18H20ClN5O2/c1-18(5-6-18)21-17(26)23-7-8-24-13(10-23)14(16(20)25)15(22-24)11-3-2-4-12(19)9-11/h2-4,9H,5-8,10H2,1H3,(H2,20,25)(H,21,26). The number of carbonyl (C=O) groups excluding carboxylic acids is 2. The van der Waals surface area contributed by atoms with E-state index >= 15 is 0 Å². The molecule has 2 aliphatic rings. The van der Waals surface area contributed by atoms with Gasteiger partial charge in [0.05, 0.1) is 24.3 Å². The summed E-state index contributed by atoms with van der Waals surface area (Å²) >= 11 is 6.07. The molecule has 3 N–H and O–H groups in total. The van der Waals surface area contributed by atoms with Gasteiger partial charge in [0.15, 0.2) is 0 Å². The molecule has 1 fully saturated rings. The summed E-state index contributed by atoms with van der Waals surface area (Å²) in [4.78, 5) is 26.4. The van der Waals surface area contributed by atoms with Crippen LogP contribution in [0.15, 0.2) is 24.3 Å². The van der Waals surface area contributed by atoms with Crippen LogP contribution in [0.3, 0.4) is 0 Å². The van der Waals surface area contributed by atoms with Gasteiger partial charge in [-0.3, -0.25) is 9.48 Å². The van der Waals surface area contributed by atoms with Crippen LogP contribution >= 0.6 is 11.6 Å². The Morgan fingerprint density at radius 1 is 1.31 bits per heavy atom. The molecule has 1 aliphatic heterocycles. The summed E-state index contributed by atoms with van der Waals surface area (Å²) in [6.45, 7) is 3.38. The molecular formula is C18H20ClN5O2. The molecule has 2 aromatic rings. The summed E-state index contributed by atoms with van der Waals surface area (Å²) in [5, 5.41) is 8.17. The molecule has 26 heavy (non-hydrogen) atoms. The molecule has 0 unspecified atom stereocenters. The fourth-order valence-electron chi connectivity index (χ4n) is 3.24. The Bertz CT molecular complexity index is 903. The third kappa shape index (κ3) is 3.03. The van der Waals surface area contributed by atoms with E-state index in [1.807, 2.05) is 13.0 Å². The van der Waals surface area contributed by atoms with E-state index in [0.29, 0.717) is 41.6 Å². The van der Waals surface area contributed by atoms with Gasteiger partial charge >= 0.3 is 6.03 Å². The van der Waals surface area contributed by atoms with Crippen LogP contribution in [0.25, 0.3) is 11.3 Å². The van der Waals surface area contributed by atoms with Gasteiger partial charge in [0.2, 0.25) is 0 Å². The Balaban J connectivity index is 1.67. The van der Waals surface area contributed by atoms with Crippen LogP contribution in [0, 0.1) is 0 Å². The molecule has 0 spiro atoms. The summed E-state index contributed by atoms with van der Waals surface area (Å²) in [5.41, 5.74) is 7.81. The highest BCUT2D eigenvalue weighted by Gasteiger charge is 2.40. The minimum atomic E-state index is -0.558. The fourth-order valence-corrected chi connectivity index (χ4v) is 3.43. The van der Waals surface area contributed by atoms with Gasteiger partial charge in [0.1, 0.15) is 5.69 Å². The van der Waals surface area contributed by atoms with Gasteiger partial charge in [0, 0.05) is 22.7 Å². The number of amides is 3. The Morgan fingerprint density at radius 3 is 2.73 bits per heavy atom. The number of rotatable bonds is 3. The monoisotopic (exact) mass is 373 g/mol. The lowest BCUT2D eigenvalue weighted by atomic mass is 10.0. The van der Waals surface area contributed by atoms with Crippen LogP contribution in [0.5, 0.6) is 0 Å². The lowest BCUT2D eigenvalue weighted by molar-refractivity contribution is 0.0997. The zero-order chi connectivity index (χ0) is 18.5. The zero-order valence-corrected chi connectivity index (χ0v) is 15.2. The molecule has 0 atom stereocenters. The first-order chi connectivity index (χ1) is 12.4. The Morgan fingerprint density at radius 2 is 2.08 bits per heavy atom. The van der Waals surface area contributed by atoms with E-state index < -0.39 is 5.91 Å². The van der Waals surface area contributed by atoms with Gasteiger partial charge in [-0.1, -0.05) is 23.7 Å². The smallest absolute Gasteiger partial charge is 0.318 e. The second kappa shape index (κ2) is 6.02. The maximum absolute atomic E-state index is 12.5. The van der Waals surface area contributed by atoms with E-state index in [-0.39, 0.29) is 11.6 Å². The summed E-state index contributed by atoms with van der Waals surface area (Å²) in [5.74, 6) is -0.558. The van der Waals surface area contributed by atoms with Crippen LogP contribution in [-0.4, -0.2) is 38.7 Å². The highest BCUT2D eigenvalue weighted by Crippen LogP contribution is 2.35. The molecule has 7 nitrogen and oxygen atoms in total. The largest absolute Gasteiger partial charge is 0.365 e. The number of primary amides is 1. The molecular weight excluding hydrogens is 354 g/mol. The molecule has 1 aromatic heterocycles. The van der Waals surface area contributed by atoms with Gasteiger partial charge in [-0.25, -0.2) is 4.79 Å². The average molecular weight is 374 g/mol. The number of fused-ring (bicyclic) bond motifs is 1. The molecule has 0 radical (unpaired) electrons. The highest BCUT2D eigenvalue weighted by atomic mass is 35.5. The van der Waals surface area contributed by atoms with Crippen molar-refractivity contribution in [1.82, 2.24) is 20.0 Å². The van der Waals surface area contributed by atoms with E-state index in [1.54, 1.807) is 27.8 Å². The Labute approximate surface area is 156 Å². The fraction of sp³-hybridized carbons (Fsp3) is 0.389. The number of urea groups is 1. The van der Waals surface area contributed by atoms with Crippen LogP contribution in [-0.2, 0) is 13.1 Å². The molecule has 1 aliphatic carbocycles. The van der Waals surface area contributed by atoms with Gasteiger partial charge in [0.25, 0.3) is 5.91 Å². The quantitative estimate of drug-likeness (QED) is 0.864. The normalized spacial score (nSPS) is 17.5. The van der Waals surface area contributed by atoms with Gasteiger partial charge < -0.3 is 16.0 Å². The number of hydrogen-bond acceptors (Lipinski definition) is 3. The third-order valence-corrected chi connectivity index (χ3v) is 5.26. The lowest BCUT2D eigenvalue weighted by Crippen LogP contribution is -2.48. The van der Waals surface area contributed by atoms with Crippen molar-refractivity contribution in [3.05, 3.63) is 40.5 Å². The van der Waals surface area contributed by atoms with Crippen LogP contribution in [0.2, 0.25) is 5.02 Å². The SMILES string of the molecule is CC1(NC(=O)N2CCn3nc(-c4cccc(Cl)c4)c(C(N)=O)c3C2)CC1. The topological polar surface area (TPSA) is 93.2 Å². The van der Waals surface area contributed by atoms with Crippen molar-refractivity contribution in [2.45, 2.75) is 38.4 Å². The molecule has 4 rings (SSSR count). The number of nitrogens with zero attached hydrogens (tertiary/aromatic N) is 3. The summed E-state index contributed by atoms with van der Waals surface area (Å²) in [7, 11) is 0. The molecule has 1 saturated carbocycles. The predicted octanol–water partition coefficient (Wildman–Crippen LogP) is 2.38. The van der Waals surface area contributed by atoms with E-state index in [1.165, 1.54) is 0 Å². The number of hydrogen-bond donors (Lipinski definition) is 2. The highest BCUT2D eigenvalue weighted by molar-refractivity contribution is 6.30. The Hall–Kier alpha value is -2.54. The zero-order valence-electron chi connectivity index (χ0n) is 14.5. The van der Waals surface area contributed by atoms with Crippen molar-refractivity contribution < 1.29 is 9.59 Å². The molecule has 2 heterocycles. The summed E-state index contributed by atoms with van der Waals surface area (Å²) < 4.78 is 1.76. The van der Waals surface area contributed by atoms with Crippen molar-refractivity contribution >= 4 is 23.5 Å². The Kier molecular flexibility index (Phi) is 3.91. The molecule has 0 saturated heterocycles. The summed E-state index contributed by atoms with van der Waals surface area (Å²) in [6, 6.07) is 7.04. The number of nitrogens with one attached hydrogen (secondary N) is 1. The number of carbonyl (C=O) groups is 2. The second-order valence-electron chi connectivity index (χ2n) is 7.18. The van der Waals surface area contributed by atoms with Crippen molar-refractivity contribution in [2.24, 2.45) is 5.73 Å². The second-order valence-corrected chi connectivity index (χ2v) is 7.62. The van der Waals surface area contributed by atoms with Crippen LogP contribution in [0.1, 0.15) is 35.8 Å². The van der Waals surface area contributed by atoms with Crippen LogP contribution in [0.4, 0.5) is 4.79 Å². The number of halogens is 1. The maximum Gasteiger partial charge on any atom is 0.318 e. The predicted molar refractivity (Wildman–Crippen MR) is 97.8 cm³/mol. The first-order valence-electron chi connectivity index (χ1n) is 8.59. The van der Waals surface area contributed by atoms with Crippen molar-refractivity contribution in [1.29, 1.82) is 0 Å².